The van der Waals surface area contributed by atoms with Gasteiger partial charge in [0.25, 0.3) is 0 Å². The molecule has 0 N–H and O–H groups in total. The zero-order valence-corrected chi connectivity index (χ0v) is 27.0. The number of fused-ring (bicyclic) bond motifs is 6. The largest absolute Gasteiger partial charge is 0.452 e. The second-order valence-electron chi connectivity index (χ2n) is 12.6. The highest BCUT2D eigenvalue weighted by molar-refractivity contribution is 6.10. The van der Waals surface area contributed by atoms with Crippen molar-refractivity contribution < 1.29 is 4.42 Å². The summed E-state index contributed by atoms with van der Waals surface area (Å²) in [5.41, 5.74) is 13.0. The summed E-state index contributed by atoms with van der Waals surface area (Å²) in [7, 11) is 0. The van der Waals surface area contributed by atoms with Gasteiger partial charge in [0.05, 0.1) is 11.0 Å². The van der Waals surface area contributed by atoms with Crippen LogP contribution in [0.25, 0.3) is 94.5 Å². The van der Waals surface area contributed by atoms with Crippen molar-refractivity contribution in [3.8, 4) is 50.6 Å². The lowest BCUT2D eigenvalue weighted by Crippen LogP contribution is -1.94. The van der Waals surface area contributed by atoms with E-state index in [0.717, 1.165) is 55.7 Å². The fraction of sp³-hybridized carbons (Fsp3) is 0. The monoisotopic (exact) mass is 639 g/mol. The van der Waals surface area contributed by atoms with Gasteiger partial charge in [0.15, 0.2) is 11.4 Å². The highest BCUT2D eigenvalue weighted by Gasteiger charge is 2.19. The maximum absolute atomic E-state index is 6.69. The summed E-state index contributed by atoms with van der Waals surface area (Å²) in [4.78, 5) is 10.2. The lowest BCUT2D eigenvalue weighted by atomic mass is 10.0. The molecule has 0 amide bonds. The first kappa shape index (κ1) is 28.3. The van der Waals surface area contributed by atoms with E-state index >= 15 is 0 Å². The summed E-state index contributed by atoms with van der Waals surface area (Å²) in [6.07, 6.45) is 0. The van der Waals surface area contributed by atoms with Crippen molar-refractivity contribution in [1.82, 2.24) is 14.5 Å². The molecule has 0 aliphatic rings. The smallest absolute Gasteiger partial charge is 0.180 e. The minimum absolute atomic E-state index is 0.672. The van der Waals surface area contributed by atoms with Crippen molar-refractivity contribution in [3.63, 3.8) is 0 Å². The number of aromatic nitrogens is 3. The summed E-state index contributed by atoms with van der Waals surface area (Å²) >= 11 is 0. The molecule has 3 heterocycles. The zero-order valence-electron chi connectivity index (χ0n) is 27.0. The summed E-state index contributed by atoms with van der Waals surface area (Å²) in [5.74, 6) is 0.672. The van der Waals surface area contributed by atoms with E-state index in [4.69, 9.17) is 14.4 Å². The van der Waals surface area contributed by atoms with Gasteiger partial charge in [-0.25, -0.2) is 9.97 Å². The van der Waals surface area contributed by atoms with Crippen molar-refractivity contribution in [1.29, 1.82) is 0 Å². The predicted octanol–water partition coefficient (Wildman–Crippen LogP) is 12.1. The van der Waals surface area contributed by atoms with E-state index in [2.05, 4.69) is 144 Å². The van der Waals surface area contributed by atoms with Gasteiger partial charge in [-0.1, -0.05) is 140 Å². The van der Waals surface area contributed by atoms with Crippen LogP contribution >= 0.6 is 0 Å². The Morgan fingerprint density at radius 1 is 0.400 bits per heavy atom. The number of hydrogen-bond acceptors (Lipinski definition) is 3. The topological polar surface area (TPSA) is 43.9 Å². The maximum Gasteiger partial charge on any atom is 0.180 e. The van der Waals surface area contributed by atoms with Crippen molar-refractivity contribution in [2.45, 2.75) is 0 Å². The van der Waals surface area contributed by atoms with E-state index in [1.807, 2.05) is 36.4 Å². The fourth-order valence-corrected chi connectivity index (χ4v) is 7.21. The second-order valence-corrected chi connectivity index (χ2v) is 12.6. The van der Waals surface area contributed by atoms with Crippen LogP contribution in [0.4, 0.5) is 0 Å². The highest BCUT2D eigenvalue weighted by atomic mass is 16.3. The summed E-state index contributed by atoms with van der Waals surface area (Å²) in [5, 5.41) is 3.46. The van der Waals surface area contributed by atoms with Gasteiger partial charge in [-0.3, -0.25) is 0 Å². The predicted molar refractivity (Wildman–Crippen MR) is 205 cm³/mol. The molecule has 4 heteroatoms. The molecule has 0 saturated heterocycles. The number of benzene rings is 7. The molecule has 10 rings (SSSR count). The molecule has 0 bridgehead atoms. The fourth-order valence-electron chi connectivity index (χ4n) is 7.21. The molecular weight excluding hydrogens is 611 g/mol. The van der Waals surface area contributed by atoms with Crippen LogP contribution in [0.5, 0.6) is 0 Å². The maximum atomic E-state index is 6.69. The third kappa shape index (κ3) is 4.61. The van der Waals surface area contributed by atoms with Crippen LogP contribution in [-0.2, 0) is 0 Å². The SMILES string of the molecule is c1ccc(-c2ccc(-c3nc(-c4ccccc4)nc4c3oc3cc(-c5cccc(-n6c7ccccc7c7ccccc76)c5)ccc34)cc2)cc1. The van der Waals surface area contributed by atoms with Gasteiger partial charge in [0, 0.05) is 33.0 Å². The van der Waals surface area contributed by atoms with Gasteiger partial charge in [-0.2, -0.15) is 0 Å². The molecule has 0 aliphatic heterocycles. The average molecular weight is 640 g/mol. The summed E-state index contributed by atoms with van der Waals surface area (Å²) in [6.45, 7) is 0. The van der Waals surface area contributed by atoms with E-state index in [1.54, 1.807) is 0 Å². The molecule has 0 atom stereocenters. The zero-order chi connectivity index (χ0) is 33.0. The molecule has 10 aromatic rings. The Labute approximate surface area is 288 Å². The first-order valence-corrected chi connectivity index (χ1v) is 16.8. The lowest BCUT2D eigenvalue weighted by Gasteiger charge is -2.10. The van der Waals surface area contributed by atoms with Crippen LogP contribution in [-0.4, -0.2) is 14.5 Å². The number of hydrogen-bond donors (Lipinski definition) is 0. The molecule has 4 nitrogen and oxygen atoms in total. The van der Waals surface area contributed by atoms with Crippen molar-refractivity contribution in [2.24, 2.45) is 0 Å². The Bertz CT molecular complexity index is 2800. The van der Waals surface area contributed by atoms with Crippen LogP contribution < -0.4 is 0 Å². The Morgan fingerprint density at radius 2 is 0.960 bits per heavy atom. The van der Waals surface area contributed by atoms with E-state index in [-0.39, 0.29) is 0 Å². The second kappa shape index (κ2) is 11.4. The van der Waals surface area contributed by atoms with Crippen LogP contribution in [0.3, 0.4) is 0 Å². The third-order valence-electron chi connectivity index (χ3n) is 9.63. The van der Waals surface area contributed by atoms with E-state index in [9.17, 15) is 0 Å². The molecule has 50 heavy (non-hydrogen) atoms. The molecule has 3 aromatic heterocycles. The summed E-state index contributed by atoms with van der Waals surface area (Å²) < 4.78 is 9.04. The summed E-state index contributed by atoms with van der Waals surface area (Å²) in [6, 6.07) is 61.5. The van der Waals surface area contributed by atoms with E-state index in [1.165, 1.54) is 27.4 Å². The minimum atomic E-state index is 0.672. The molecule has 7 aromatic carbocycles. The van der Waals surface area contributed by atoms with Crippen LogP contribution in [0.1, 0.15) is 0 Å². The van der Waals surface area contributed by atoms with Gasteiger partial charge in [0.2, 0.25) is 0 Å². The van der Waals surface area contributed by atoms with Crippen molar-refractivity contribution in [3.05, 3.63) is 176 Å². The molecule has 0 unspecified atom stereocenters. The third-order valence-corrected chi connectivity index (χ3v) is 9.63. The number of rotatable bonds is 5. The van der Waals surface area contributed by atoms with Crippen molar-refractivity contribution >= 4 is 43.9 Å². The Hall–Kier alpha value is -6.78. The van der Waals surface area contributed by atoms with Crippen LogP contribution in [0.2, 0.25) is 0 Å². The quantitative estimate of drug-likeness (QED) is 0.188. The molecule has 0 aliphatic carbocycles. The van der Waals surface area contributed by atoms with Crippen molar-refractivity contribution in [2.75, 3.05) is 0 Å². The number of furan rings is 1. The van der Waals surface area contributed by atoms with Gasteiger partial charge in [-0.05, 0) is 58.7 Å². The normalized spacial score (nSPS) is 11.6. The van der Waals surface area contributed by atoms with Gasteiger partial charge in [0.1, 0.15) is 16.8 Å². The molecule has 0 radical (unpaired) electrons. The first-order valence-electron chi connectivity index (χ1n) is 16.8. The first-order chi connectivity index (χ1) is 24.8. The minimum Gasteiger partial charge on any atom is -0.452 e. The number of nitrogens with zero attached hydrogens (tertiary/aromatic N) is 3. The van der Waals surface area contributed by atoms with Gasteiger partial charge >= 0.3 is 0 Å². The average Bonchev–Trinajstić information content (AvgIpc) is 3.74. The molecule has 0 fully saturated rings. The Morgan fingerprint density at radius 3 is 1.68 bits per heavy atom. The van der Waals surface area contributed by atoms with E-state index in [0.29, 0.717) is 11.4 Å². The highest BCUT2D eigenvalue weighted by Crippen LogP contribution is 2.39. The molecular formula is C46H29N3O. The van der Waals surface area contributed by atoms with E-state index < -0.39 is 0 Å². The Kier molecular flexibility index (Phi) is 6.46. The molecule has 0 saturated carbocycles. The van der Waals surface area contributed by atoms with Crippen LogP contribution in [0.15, 0.2) is 180 Å². The van der Waals surface area contributed by atoms with Gasteiger partial charge < -0.3 is 8.98 Å². The molecule has 0 spiro atoms. The number of para-hydroxylation sites is 2. The van der Waals surface area contributed by atoms with Crippen LogP contribution in [0, 0.1) is 0 Å². The Balaban J connectivity index is 1.12. The van der Waals surface area contributed by atoms with Gasteiger partial charge in [-0.15, -0.1) is 0 Å². The lowest BCUT2D eigenvalue weighted by molar-refractivity contribution is 0.667. The molecule has 234 valence electrons. The standard InChI is InChI=1S/C46H29N3O/c1-3-12-30(13-4-1)31-22-24-32(25-23-31)43-45-44(48-46(47-43)33-14-5-2-6-15-33)39-27-26-35(29-42(39)50-45)34-16-11-17-36(28-34)49-40-20-9-7-18-37(40)38-19-8-10-21-41(38)49/h1-29H.